The second kappa shape index (κ2) is 46.1. The number of hydrogen-bond donors (Lipinski definition) is 0. The van der Waals surface area contributed by atoms with Crippen LogP contribution in [0.4, 0.5) is 0 Å². The molecule has 0 saturated carbocycles. The molecule has 0 saturated heterocycles. The van der Waals surface area contributed by atoms with Crippen molar-refractivity contribution in [2.24, 2.45) is 0 Å². The predicted octanol–water partition coefficient (Wildman–Crippen LogP) is 7.61. The first-order valence-electron chi connectivity index (χ1n) is 24.7. The molecular formula is C57H75Co9O9P3. The molecule has 453 valence electrons. The van der Waals surface area contributed by atoms with E-state index in [1.54, 1.807) is 0 Å². The molecule has 0 fully saturated rings. The fraction of sp³-hybridized carbons (Fsp3) is 0.368. The van der Waals surface area contributed by atoms with E-state index < -0.39 is 21.9 Å². The summed E-state index contributed by atoms with van der Waals surface area (Å²) in [6.45, 7) is 8.22. The van der Waals surface area contributed by atoms with Gasteiger partial charge in [0.2, 0.25) is 0 Å². The van der Waals surface area contributed by atoms with Crippen LogP contribution in [0.15, 0.2) is 205 Å². The Kier molecular flexibility index (Phi) is 49.0. The first-order valence-corrected chi connectivity index (χ1v) is 36.5. The molecule has 0 atom stereocenters. The van der Waals surface area contributed by atoms with Crippen LogP contribution in [0.5, 0.6) is 0 Å². The second-order valence-corrected chi connectivity index (χ2v) is 33.7. The van der Waals surface area contributed by atoms with Crippen molar-refractivity contribution in [3.05, 3.63) is 205 Å². The van der Waals surface area contributed by atoms with Crippen molar-refractivity contribution in [3.8, 4) is 0 Å². The third-order valence-corrected chi connectivity index (χ3v) is 20.9. The zero-order valence-electron chi connectivity index (χ0n) is 44.7. The van der Waals surface area contributed by atoms with Gasteiger partial charge in [0.25, 0.3) is 0 Å². The van der Waals surface area contributed by atoms with E-state index in [9.17, 15) is 44.0 Å². The Hall–Kier alpha value is 0.808. The van der Waals surface area contributed by atoms with Gasteiger partial charge < -0.3 is 0 Å². The summed E-state index contributed by atoms with van der Waals surface area (Å²) in [5, 5.41) is 0. The molecule has 0 amide bonds. The minimum atomic E-state index is -4.85. The zero-order valence-corrected chi connectivity index (χ0v) is 56.8. The van der Waals surface area contributed by atoms with Crippen LogP contribution in [-0.4, -0.2) is 37.0 Å². The fourth-order valence-corrected chi connectivity index (χ4v) is 7.72. The van der Waals surface area contributed by atoms with E-state index in [1.165, 1.54) is 41.5 Å². The molecule has 0 N–H and O–H groups in total. The van der Waals surface area contributed by atoms with Gasteiger partial charge in [-0.2, -0.15) is 0 Å². The van der Waals surface area contributed by atoms with E-state index >= 15 is 0 Å². The molecule has 0 heterocycles. The Morgan fingerprint density at radius 3 is 0.333 bits per heavy atom. The number of allylic oxidation sites excluding steroid dienone is 36. The Balaban J connectivity index is -0.000000787. The van der Waals surface area contributed by atoms with Gasteiger partial charge >= 0.3 is 548 Å². The molecule has 0 spiro atoms. The summed E-state index contributed by atoms with van der Waals surface area (Å²) >= 11 is 37.2. The van der Waals surface area contributed by atoms with Gasteiger partial charge in [0.05, 0.1) is 0 Å². The van der Waals surface area contributed by atoms with Crippen LogP contribution in [0.3, 0.4) is 0 Å². The molecule has 9 rings (SSSR count). The van der Waals surface area contributed by atoms with E-state index in [4.69, 9.17) is 0 Å². The van der Waals surface area contributed by atoms with Crippen molar-refractivity contribution in [3.63, 3.8) is 0 Å². The summed E-state index contributed by atoms with van der Waals surface area (Å²) < 4.78 is 10.4. The molecule has 0 aromatic carbocycles. The topological polar surface area (TPSA) is 208 Å². The van der Waals surface area contributed by atoms with E-state index in [0.29, 0.717) is 0 Å². The molecule has 9 aliphatic rings. The van der Waals surface area contributed by atoms with Crippen molar-refractivity contribution < 1.29 is 186 Å². The summed E-state index contributed by atoms with van der Waals surface area (Å²) in [6.07, 6.45) is 62.5. The van der Waals surface area contributed by atoms with Crippen LogP contribution in [-0.2, 0) is 142 Å². The molecule has 0 radical (unpaired) electrons. The zero-order chi connectivity index (χ0) is 60.2. The summed E-state index contributed by atoms with van der Waals surface area (Å²) in [7, 11) is -14.6. The first-order chi connectivity index (χ1) is 36.2. The molecule has 78 heavy (non-hydrogen) atoms. The van der Waals surface area contributed by atoms with Crippen molar-refractivity contribution in [2.75, 3.05) is 37.0 Å². The van der Waals surface area contributed by atoms with Crippen LogP contribution < -0.4 is 44.0 Å². The van der Waals surface area contributed by atoms with Gasteiger partial charge in [-0.25, -0.2) is 0 Å². The summed E-state index contributed by atoms with van der Waals surface area (Å²) in [5.41, 5.74) is 0. The first kappa shape index (κ1) is 83.0. The number of hydrogen-bond acceptors (Lipinski definition) is 9. The third kappa shape index (κ3) is 57.2. The Labute approximate surface area is 542 Å². The molecule has 0 unspecified atom stereocenters. The quantitative estimate of drug-likeness (QED) is 0.240. The summed E-state index contributed by atoms with van der Waals surface area (Å²) in [5.74, 6) is 0. The van der Waals surface area contributed by atoms with Gasteiger partial charge in [-0.15, -0.1) is 0 Å². The average molecular weight is 1530 g/mol. The van der Waals surface area contributed by atoms with E-state index in [2.05, 4.69) is 196 Å². The van der Waals surface area contributed by atoms with Crippen molar-refractivity contribution in [2.45, 2.75) is 99.3 Å². The molecule has 9 aliphatic carbocycles. The normalized spacial score (nSPS) is 18.2. The van der Waals surface area contributed by atoms with Crippen molar-refractivity contribution >= 4 is 21.9 Å². The fourth-order valence-electron chi connectivity index (χ4n) is 4.37. The van der Waals surface area contributed by atoms with Crippen LogP contribution in [0.1, 0.15) is 99.3 Å². The average Bonchev–Trinajstić information content (AvgIpc) is 4.21. The molecule has 0 aromatic rings. The maximum absolute atomic E-state index is 10.4. The van der Waals surface area contributed by atoms with E-state index in [1.807, 2.05) is 109 Å². The number of rotatable bonds is 6. The second-order valence-electron chi connectivity index (χ2n) is 16.5. The molecule has 21 heteroatoms. The van der Waals surface area contributed by atoms with Crippen molar-refractivity contribution in [1.29, 1.82) is 0 Å². The molecule has 0 aromatic heterocycles. The molecule has 0 aliphatic heterocycles. The van der Waals surface area contributed by atoms with Crippen molar-refractivity contribution in [1.82, 2.24) is 0 Å². The Morgan fingerprint density at radius 2 is 0.321 bits per heavy atom. The van der Waals surface area contributed by atoms with Crippen LogP contribution >= 0.6 is 21.9 Å². The van der Waals surface area contributed by atoms with Crippen LogP contribution in [0.2, 0.25) is 0 Å². The van der Waals surface area contributed by atoms with Crippen LogP contribution in [0.25, 0.3) is 0 Å². The van der Waals surface area contributed by atoms with Crippen LogP contribution in [0, 0.1) is 0 Å². The van der Waals surface area contributed by atoms with Gasteiger partial charge in [0, 0.05) is 0 Å². The van der Waals surface area contributed by atoms with E-state index in [0.717, 1.165) is 98.4 Å². The molecule has 9 nitrogen and oxygen atoms in total. The van der Waals surface area contributed by atoms with Gasteiger partial charge in [-0.3, -0.25) is 0 Å². The Bertz CT molecular complexity index is 1860. The SMILES string of the molecule is CCP([O-])([O-])([O-])CC.CCP([O-])([O-])([O-])CC.CCP([O-])([O-])([O-])CC.[Co+][C]1=CC=CC1.[Co+][C]1=CC=CC1.[Co+][C]1=CC=CC1.[Co+][C]1=CC=CC1.[Co+][C]1=CC=CC1.[Co+][C]1=CC=CC1.[Co+][C]1=CC=CC1.[Co+][C]1=CC=CC1.[Co+][C]1=CC=CC1. The van der Waals surface area contributed by atoms with E-state index in [-0.39, 0.29) is 37.0 Å². The third-order valence-electron chi connectivity index (χ3n) is 10.1. The van der Waals surface area contributed by atoms with Gasteiger partial charge in [-0.1, -0.05) is 0 Å². The van der Waals surface area contributed by atoms with Gasteiger partial charge in [-0.05, 0) is 0 Å². The minimum absolute atomic E-state index is 0.276. The van der Waals surface area contributed by atoms with Gasteiger partial charge in [0.15, 0.2) is 0 Å². The maximum atomic E-state index is 10.4. The standard InChI is InChI=1S/9C5H5.3C4H10O3P.9Co/c9*1-2-4-5-3-1;3*1-3-8(5,6,7)4-2;;;;;;;;;/h9*1-3H,4H2;3*3-4H2,1-2H3;;;;;;;;;/q;;;;;;;;;3*-3;9*+1. The summed E-state index contributed by atoms with van der Waals surface area (Å²) in [6, 6.07) is 0. The van der Waals surface area contributed by atoms with Gasteiger partial charge in [0.1, 0.15) is 0 Å². The molecule has 0 bridgehead atoms. The predicted molar refractivity (Wildman–Crippen MR) is 281 cm³/mol. The monoisotopic (exact) mass is 1530 g/mol. The molecular weight excluding hydrogens is 1450 g/mol. The summed E-state index contributed by atoms with van der Waals surface area (Å²) in [4.78, 5) is 93.9. The Morgan fingerprint density at radius 1 is 0.231 bits per heavy atom.